The smallest absolute Gasteiger partial charge is 0.263 e. The third-order valence-corrected chi connectivity index (χ3v) is 3.61. The zero-order valence-corrected chi connectivity index (χ0v) is 9.61. The lowest BCUT2D eigenvalue weighted by atomic mass is 9.87. The Morgan fingerprint density at radius 2 is 1.33 bits per heavy atom. The molecule has 0 spiro atoms. The van der Waals surface area contributed by atoms with Crippen molar-refractivity contribution in [3.8, 4) is 5.75 Å². The summed E-state index contributed by atoms with van der Waals surface area (Å²) in [4.78, 5) is 0. The van der Waals surface area contributed by atoms with Crippen molar-refractivity contribution in [3.05, 3.63) is 65.7 Å². The SMILES string of the molecule is Oc1ccc(C2(c3ccccc3)CC2(F)F)cc1. The first-order valence-electron chi connectivity index (χ1n) is 5.79. The number of phenols is 1. The van der Waals surface area contributed by atoms with Crippen LogP contribution >= 0.6 is 0 Å². The van der Waals surface area contributed by atoms with E-state index in [0.29, 0.717) is 11.1 Å². The summed E-state index contributed by atoms with van der Waals surface area (Å²) in [6.07, 6.45) is -0.172. The number of halogens is 2. The molecule has 0 aliphatic heterocycles. The monoisotopic (exact) mass is 246 g/mol. The van der Waals surface area contributed by atoms with Crippen LogP contribution in [0.1, 0.15) is 17.5 Å². The van der Waals surface area contributed by atoms with Crippen molar-refractivity contribution in [3.63, 3.8) is 0 Å². The third-order valence-electron chi connectivity index (χ3n) is 3.61. The molecule has 2 aromatic carbocycles. The highest BCUT2D eigenvalue weighted by Crippen LogP contribution is 2.65. The normalized spacial score (nSPS) is 24.8. The number of rotatable bonds is 2. The topological polar surface area (TPSA) is 20.2 Å². The molecule has 0 saturated heterocycles. The fourth-order valence-electron chi connectivity index (χ4n) is 2.55. The van der Waals surface area contributed by atoms with E-state index in [0.717, 1.165) is 0 Å². The molecule has 1 aliphatic rings. The molecule has 92 valence electrons. The van der Waals surface area contributed by atoms with Crippen LogP contribution in [0.15, 0.2) is 54.6 Å². The van der Waals surface area contributed by atoms with Crippen molar-refractivity contribution in [2.75, 3.05) is 0 Å². The van der Waals surface area contributed by atoms with Gasteiger partial charge in [-0.1, -0.05) is 42.5 Å². The minimum absolute atomic E-state index is 0.0888. The molecule has 1 N–H and O–H groups in total. The second-order valence-electron chi connectivity index (χ2n) is 4.70. The van der Waals surface area contributed by atoms with Crippen LogP contribution in [0.3, 0.4) is 0 Å². The van der Waals surface area contributed by atoms with Crippen molar-refractivity contribution >= 4 is 0 Å². The van der Waals surface area contributed by atoms with Crippen molar-refractivity contribution in [1.82, 2.24) is 0 Å². The molecule has 1 unspecified atom stereocenters. The summed E-state index contributed by atoms with van der Waals surface area (Å²) >= 11 is 0. The maximum absolute atomic E-state index is 13.9. The molecular weight excluding hydrogens is 234 g/mol. The molecule has 18 heavy (non-hydrogen) atoms. The number of hydrogen-bond donors (Lipinski definition) is 1. The molecule has 3 rings (SSSR count). The average molecular weight is 246 g/mol. The fourth-order valence-corrected chi connectivity index (χ4v) is 2.55. The van der Waals surface area contributed by atoms with Crippen LogP contribution in [0.4, 0.5) is 8.78 Å². The Labute approximate surface area is 104 Å². The van der Waals surface area contributed by atoms with E-state index in [1.54, 1.807) is 36.4 Å². The molecular formula is C15H12F2O. The maximum atomic E-state index is 13.9. The van der Waals surface area contributed by atoms with Gasteiger partial charge < -0.3 is 5.11 Å². The summed E-state index contributed by atoms with van der Waals surface area (Å²) in [6.45, 7) is 0. The first kappa shape index (κ1) is 11.2. The maximum Gasteiger partial charge on any atom is 0.263 e. The minimum atomic E-state index is -2.72. The molecule has 2 aromatic rings. The van der Waals surface area contributed by atoms with Gasteiger partial charge in [0, 0.05) is 6.42 Å². The van der Waals surface area contributed by atoms with E-state index in [1.165, 1.54) is 12.1 Å². The van der Waals surface area contributed by atoms with Gasteiger partial charge >= 0.3 is 0 Å². The quantitative estimate of drug-likeness (QED) is 0.856. The van der Waals surface area contributed by atoms with E-state index in [4.69, 9.17) is 0 Å². The molecule has 0 amide bonds. The molecule has 1 saturated carbocycles. The Kier molecular flexibility index (Phi) is 2.21. The molecule has 0 bridgehead atoms. The summed E-state index contributed by atoms with van der Waals surface area (Å²) in [5.41, 5.74) is -0.0423. The lowest BCUT2D eigenvalue weighted by Crippen LogP contribution is -2.17. The Morgan fingerprint density at radius 3 is 1.83 bits per heavy atom. The number of aromatic hydroxyl groups is 1. The average Bonchev–Trinajstić information content (AvgIpc) is 2.96. The highest BCUT2D eigenvalue weighted by atomic mass is 19.3. The van der Waals surface area contributed by atoms with Gasteiger partial charge in [-0.05, 0) is 23.3 Å². The zero-order chi connectivity index (χ0) is 12.8. The molecule has 0 aromatic heterocycles. The largest absolute Gasteiger partial charge is 0.508 e. The second kappa shape index (κ2) is 3.55. The molecule has 0 heterocycles. The van der Waals surface area contributed by atoms with Gasteiger partial charge in [0.05, 0.1) is 5.41 Å². The van der Waals surface area contributed by atoms with Crippen LogP contribution in [0, 0.1) is 0 Å². The van der Waals surface area contributed by atoms with E-state index in [-0.39, 0.29) is 12.2 Å². The van der Waals surface area contributed by atoms with Crippen LogP contribution in [-0.4, -0.2) is 11.0 Å². The van der Waals surface area contributed by atoms with Crippen LogP contribution in [0.2, 0.25) is 0 Å². The molecule has 1 aliphatic carbocycles. The van der Waals surface area contributed by atoms with Crippen molar-refractivity contribution in [2.45, 2.75) is 17.8 Å². The van der Waals surface area contributed by atoms with Gasteiger partial charge in [0.15, 0.2) is 0 Å². The van der Waals surface area contributed by atoms with Crippen molar-refractivity contribution < 1.29 is 13.9 Å². The van der Waals surface area contributed by atoms with Crippen LogP contribution in [0.5, 0.6) is 5.75 Å². The lowest BCUT2D eigenvalue weighted by Gasteiger charge is -2.17. The van der Waals surface area contributed by atoms with Gasteiger partial charge in [0.2, 0.25) is 0 Å². The molecule has 3 heteroatoms. The Bertz CT molecular complexity index is 563. The molecule has 1 atom stereocenters. The van der Waals surface area contributed by atoms with Crippen molar-refractivity contribution in [2.24, 2.45) is 0 Å². The minimum Gasteiger partial charge on any atom is -0.508 e. The summed E-state index contributed by atoms with van der Waals surface area (Å²) in [5.74, 6) is -2.63. The Hall–Kier alpha value is -1.90. The molecule has 1 fully saturated rings. The van der Waals surface area contributed by atoms with E-state index >= 15 is 0 Å². The summed E-state index contributed by atoms with van der Waals surface area (Å²) < 4.78 is 27.7. The van der Waals surface area contributed by atoms with Gasteiger partial charge in [-0.15, -0.1) is 0 Å². The highest BCUT2D eigenvalue weighted by molar-refractivity contribution is 5.51. The first-order valence-corrected chi connectivity index (χ1v) is 5.79. The van der Waals surface area contributed by atoms with Crippen molar-refractivity contribution in [1.29, 1.82) is 0 Å². The number of alkyl halides is 2. The predicted molar refractivity (Wildman–Crippen MR) is 64.9 cm³/mol. The van der Waals surface area contributed by atoms with Crippen LogP contribution in [-0.2, 0) is 5.41 Å². The van der Waals surface area contributed by atoms with Gasteiger partial charge in [0.25, 0.3) is 5.92 Å². The van der Waals surface area contributed by atoms with Gasteiger partial charge in [0.1, 0.15) is 5.75 Å². The van der Waals surface area contributed by atoms with E-state index in [2.05, 4.69) is 0 Å². The lowest BCUT2D eigenvalue weighted by molar-refractivity contribution is 0.0966. The Morgan fingerprint density at radius 1 is 0.833 bits per heavy atom. The van der Waals surface area contributed by atoms with Gasteiger partial charge in [-0.2, -0.15) is 0 Å². The van der Waals surface area contributed by atoms with E-state index in [1.807, 2.05) is 6.07 Å². The van der Waals surface area contributed by atoms with E-state index in [9.17, 15) is 13.9 Å². The molecule has 1 nitrogen and oxygen atoms in total. The van der Waals surface area contributed by atoms with Gasteiger partial charge in [-0.25, -0.2) is 8.78 Å². The van der Waals surface area contributed by atoms with Crippen LogP contribution in [0.25, 0.3) is 0 Å². The van der Waals surface area contributed by atoms with Crippen LogP contribution < -0.4 is 0 Å². The van der Waals surface area contributed by atoms with E-state index < -0.39 is 11.3 Å². The fraction of sp³-hybridized carbons (Fsp3) is 0.200. The zero-order valence-electron chi connectivity index (χ0n) is 9.61. The summed E-state index contributed by atoms with van der Waals surface area (Å²) in [5, 5.41) is 9.26. The predicted octanol–water partition coefficient (Wildman–Crippen LogP) is 3.72. The highest BCUT2D eigenvalue weighted by Gasteiger charge is 2.72. The first-order chi connectivity index (χ1) is 8.56. The van der Waals surface area contributed by atoms with Gasteiger partial charge in [-0.3, -0.25) is 0 Å². The number of hydrogen-bond acceptors (Lipinski definition) is 1. The Balaban J connectivity index is 2.13. The summed E-state index contributed by atoms with van der Waals surface area (Å²) in [6, 6.07) is 14.9. The second-order valence-corrected chi connectivity index (χ2v) is 4.70. The standard InChI is InChI=1S/C15H12F2O/c16-15(17)10-14(15,11-4-2-1-3-5-11)12-6-8-13(18)9-7-12/h1-9,18H,10H2. The number of benzene rings is 2. The third kappa shape index (κ3) is 1.43. The molecule has 0 radical (unpaired) electrons. The number of phenolic OH excluding ortho intramolecular Hbond substituents is 1. The summed E-state index contributed by atoms with van der Waals surface area (Å²) in [7, 11) is 0.